The van der Waals surface area contributed by atoms with E-state index in [1.807, 2.05) is 43.5 Å². The molecule has 2 heterocycles. The molecule has 0 spiro atoms. The third-order valence-electron chi connectivity index (χ3n) is 3.35. The van der Waals surface area contributed by atoms with Crippen molar-refractivity contribution >= 4 is 5.91 Å². The highest BCUT2D eigenvalue weighted by Crippen LogP contribution is 2.21. The molecule has 1 N–H and O–H groups in total. The second kappa shape index (κ2) is 6.17. The van der Waals surface area contributed by atoms with E-state index in [0.717, 1.165) is 11.3 Å². The van der Waals surface area contributed by atoms with Gasteiger partial charge in [-0.2, -0.15) is 15.3 Å². The number of hydrogen-bond acceptors (Lipinski definition) is 4. The number of aromatic nitrogens is 4. The maximum absolute atomic E-state index is 12.2. The van der Waals surface area contributed by atoms with Crippen molar-refractivity contribution in [1.29, 1.82) is 0 Å². The molecule has 0 aliphatic heterocycles. The summed E-state index contributed by atoms with van der Waals surface area (Å²) >= 11 is 0. The van der Waals surface area contributed by atoms with Crippen molar-refractivity contribution in [2.75, 3.05) is 0 Å². The van der Waals surface area contributed by atoms with E-state index < -0.39 is 0 Å². The Balaban J connectivity index is 1.84. The summed E-state index contributed by atoms with van der Waals surface area (Å²) in [6.07, 6.45) is 6.54. The van der Waals surface area contributed by atoms with Crippen LogP contribution in [0.4, 0.5) is 0 Å². The van der Waals surface area contributed by atoms with Crippen LogP contribution in [0.1, 0.15) is 28.9 Å². The van der Waals surface area contributed by atoms with E-state index in [1.165, 1.54) is 12.4 Å². The maximum Gasteiger partial charge on any atom is 0.253 e. The molecule has 110 valence electrons. The topological polar surface area (TPSA) is 72.7 Å². The first-order valence-electron chi connectivity index (χ1n) is 6.92. The lowest BCUT2D eigenvalue weighted by molar-refractivity contribution is 0.0939. The van der Waals surface area contributed by atoms with Gasteiger partial charge in [0.25, 0.3) is 5.91 Å². The molecular weight excluding hydrogens is 278 g/mol. The van der Waals surface area contributed by atoms with Crippen LogP contribution in [0.2, 0.25) is 0 Å². The standard InChI is InChI=1S/C16H15N5O/c1-12(20-16(22)13-7-9-17-18-11-13)14-5-2-3-6-15(14)21-10-4-8-19-21/h2-12H,1H3,(H,20,22). The molecule has 6 heteroatoms. The number of hydrogen-bond donors (Lipinski definition) is 1. The van der Waals surface area contributed by atoms with Crippen molar-refractivity contribution < 1.29 is 4.79 Å². The number of rotatable bonds is 4. The fourth-order valence-corrected chi connectivity index (χ4v) is 2.26. The summed E-state index contributed by atoms with van der Waals surface area (Å²) in [6, 6.07) is 11.2. The molecule has 0 aliphatic carbocycles. The molecule has 1 atom stereocenters. The van der Waals surface area contributed by atoms with Gasteiger partial charge in [0.1, 0.15) is 0 Å². The molecule has 1 aromatic carbocycles. The highest BCUT2D eigenvalue weighted by Gasteiger charge is 2.15. The molecule has 0 saturated heterocycles. The first-order valence-corrected chi connectivity index (χ1v) is 6.92. The average Bonchev–Trinajstić information content (AvgIpc) is 3.10. The molecule has 6 nitrogen and oxygen atoms in total. The van der Waals surface area contributed by atoms with E-state index >= 15 is 0 Å². The molecule has 0 fully saturated rings. The molecule has 0 aliphatic rings. The molecule has 0 radical (unpaired) electrons. The van der Waals surface area contributed by atoms with E-state index in [1.54, 1.807) is 16.9 Å². The lowest BCUT2D eigenvalue weighted by Crippen LogP contribution is -2.27. The van der Waals surface area contributed by atoms with Crippen molar-refractivity contribution in [3.8, 4) is 5.69 Å². The molecule has 0 saturated carbocycles. The minimum atomic E-state index is -0.183. The average molecular weight is 293 g/mol. The van der Waals surface area contributed by atoms with Crippen LogP contribution in [0, 0.1) is 0 Å². The van der Waals surface area contributed by atoms with Gasteiger partial charge in [-0.05, 0) is 30.7 Å². The molecule has 1 amide bonds. The second-order valence-corrected chi connectivity index (χ2v) is 4.84. The van der Waals surface area contributed by atoms with Crippen LogP contribution < -0.4 is 5.32 Å². The maximum atomic E-state index is 12.2. The Hall–Kier alpha value is -3.02. The third kappa shape index (κ3) is 2.85. The van der Waals surface area contributed by atoms with Crippen LogP contribution in [-0.2, 0) is 0 Å². The predicted molar refractivity (Wildman–Crippen MR) is 81.5 cm³/mol. The summed E-state index contributed by atoms with van der Waals surface area (Å²) in [5.41, 5.74) is 2.41. The zero-order valence-electron chi connectivity index (χ0n) is 12.0. The molecule has 3 aromatic rings. The van der Waals surface area contributed by atoms with Crippen LogP contribution in [-0.4, -0.2) is 25.9 Å². The van der Waals surface area contributed by atoms with Crippen molar-refractivity contribution in [3.63, 3.8) is 0 Å². The number of benzene rings is 1. The van der Waals surface area contributed by atoms with Gasteiger partial charge in [0.05, 0.1) is 29.7 Å². The molecule has 2 aromatic heterocycles. The zero-order valence-corrected chi connectivity index (χ0v) is 12.0. The molecule has 3 rings (SSSR count). The number of amides is 1. The third-order valence-corrected chi connectivity index (χ3v) is 3.35. The summed E-state index contributed by atoms with van der Waals surface area (Å²) in [5, 5.41) is 14.6. The monoisotopic (exact) mass is 293 g/mol. The van der Waals surface area contributed by atoms with E-state index in [4.69, 9.17) is 0 Å². The smallest absolute Gasteiger partial charge is 0.253 e. The van der Waals surface area contributed by atoms with Gasteiger partial charge >= 0.3 is 0 Å². The summed E-state index contributed by atoms with van der Waals surface area (Å²) in [6.45, 7) is 1.94. The summed E-state index contributed by atoms with van der Waals surface area (Å²) in [7, 11) is 0. The molecule has 1 unspecified atom stereocenters. The van der Waals surface area contributed by atoms with Crippen molar-refractivity contribution in [2.24, 2.45) is 0 Å². The van der Waals surface area contributed by atoms with Crippen molar-refractivity contribution in [2.45, 2.75) is 13.0 Å². The Morgan fingerprint density at radius 2 is 2.00 bits per heavy atom. The SMILES string of the molecule is CC(NC(=O)c1ccnnc1)c1ccccc1-n1cccn1. The lowest BCUT2D eigenvalue weighted by Gasteiger charge is -2.18. The van der Waals surface area contributed by atoms with Gasteiger partial charge in [-0.1, -0.05) is 18.2 Å². The van der Waals surface area contributed by atoms with Crippen molar-refractivity contribution in [3.05, 3.63) is 72.3 Å². The fourth-order valence-electron chi connectivity index (χ4n) is 2.26. The van der Waals surface area contributed by atoms with Crippen LogP contribution in [0.3, 0.4) is 0 Å². The van der Waals surface area contributed by atoms with Crippen LogP contribution in [0.5, 0.6) is 0 Å². The van der Waals surface area contributed by atoms with Gasteiger partial charge in [-0.3, -0.25) is 4.79 Å². The minimum Gasteiger partial charge on any atom is -0.345 e. The molecular formula is C16H15N5O. The Morgan fingerprint density at radius 3 is 2.73 bits per heavy atom. The zero-order chi connectivity index (χ0) is 15.4. The summed E-state index contributed by atoms with van der Waals surface area (Å²) < 4.78 is 1.78. The van der Waals surface area contributed by atoms with Gasteiger partial charge in [0, 0.05) is 12.4 Å². The van der Waals surface area contributed by atoms with Gasteiger partial charge in [-0.15, -0.1) is 0 Å². The van der Waals surface area contributed by atoms with Gasteiger partial charge in [0.2, 0.25) is 0 Å². The van der Waals surface area contributed by atoms with Gasteiger partial charge in [0.15, 0.2) is 0 Å². The Morgan fingerprint density at radius 1 is 1.14 bits per heavy atom. The van der Waals surface area contributed by atoms with Crippen LogP contribution in [0.25, 0.3) is 5.69 Å². The highest BCUT2D eigenvalue weighted by molar-refractivity contribution is 5.94. The number of carbonyl (C=O) groups is 1. The largest absolute Gasteiger partial charge is 0.345 e. The van der Waals surface area contributed by atoms with Crippen LogP contribution >= 0.6 is 0 Å². The number of nitrogens with one attached hydrogen (secondary N) is 1. The van der Waals surface area contributed by atoms with Crippen molar-refractivity contribution in [1.82, 2.24) is 25.3 Å². The summed E-state index contributed by atoms with van der Waals surface area (Å²) in [5.74, 6) is -0.183. The first-order chi connectivity index (χ1) is 10.8. The lowest BCUT2D eigenvalue weighted by atomic mass is 10.1. The van der Waals surface area contributed by atoms with E-state index in [2.05, 4.69) is 20.6 Å². The van der Waals surface area contributed by atoms with Crippen LogP contribution in [0.15, 0.2) is 61.2 Å². The first kappa shape index (κ1) is 13.9. The minimum absolute atomic E-state index is 0.166. The van der Waals surface area contributed by atoms with E-state index in [9.17, 15) is 4.79 Å². The van der Waals surface area contributed by atoms with Gasteiger partial charge in [-0.25, -0.2) is 4.68 Å². The highest BCUT2D eigenvalue weighted by atomic mass is 16.1. The molecule has 22 heavy (non-hydrogen) atoms. The Bertz CT molecular complexity index is 755. The summed E-state index contributed by atoms with van der Waals surface area (Å²) in [4.78, 5) is 12.2. The van der Waals surface area contributed by atoms with E-state index in [0.29, 0.717) is 5.56 Å². The second-order valence-electron chi connectivity index (χ2n) is 4.84. The van der Waals surface area contributed by atoms with E-state index in [-0.39, 0.29) is 11.9 Å². The Kier molecular flexibility index (Phi) is 3.91. The number of nitrogens with zero attached hydrogens (tertiary/aromatic N) is 4. The fraction of sp³-hybridized carbons (Fsp3) is 0.125. The Labute approximate surface area is 127 Å². The number of carbonyl (C=O) groups excluding carboxylic acids is 1. The quantitative estimate of drug-likeness (QED) is 0.800. The predicted octanol–water partition coefficient (Wildman–Crippen LogP) is 2.15. The van der Waals surface area contributed by atoms with Gasteiger partial charge < -0.3 is 5.32 Å². The normalized spacial score (nSPS) is 11.9. The molecule has 0 bridgehead atoms. The number of para-hydroxylation sites is 1.